The molecule has 3 aromatic rings. The first-order valence-electron chi connectivity index (χ1n) is 14.6. The quantitative estimate of drug-likeness (QED) is 0.340. The number of ether oxygens (including phenoxy) is 1. The summed E-state index contributed by atoms with van der Waals surface area (Å²) in [5, 5.41) is 17.8. The Bertz CT molecular complexity index is 1460. The SMILES string of the molecule is O=C(N[C@@H](Cc1ccccc1)[C@H](O)CN[C@H]1CC2(CCC2)Oc2ccc(F)cc21)c1ccc(F)c(N2CCCC2=O)c1. The third-order valence-corrected chi connectivity index (χ3v) is 8.74. The standard InChI is InChI=1S/C33H35F2N3O4/c34-23-10-12-30-24(18-23)27(19-33(42-30)13-5-14-33)36-20-29(39)26(16-21-6-2-1-3-7-21)37-32(41)22-9-11-25(35)28(17-22)38-15-4-8-31(38)40/h1-3,6-7,9-12,17-18,26-27,29,36,39H,4-5,8,13-16,19-20H2,(H,37,41)/t26-,27-,29+/m0/s1. The van der Waals surface area contributed by atoms with Crippen LogP contribution in [0.5, 0.6) is 5.75 Å². The summed E-state index contributed by atoms with van der Waals surface area (Å²) in [6.07, 6.45) is 3.95. The van der Waals surface area contributed by atoms with Gasteiger partial charge < -0.3 is 25.4 Å². The second-order valence-electron chi connectivity index (χ2n) is 11.6. The van der Waals surface area contributed by atoms with Crippen molar-refractivity contribution in [3.05, 3.63) is 95.1 Å². The number of carbonyl (C=O) groups is 2. The van der Waals surface area contributed by atoms with Crippen molar-refractivity contribution in [1.29, 1.82) is 0 Å². The molecule has 3 aliphatic rings. The molecule has 220 valence electrons. The van der Waals surface area contributed by atoms with E-state index in [-0.39, 0.29) is 41.2 Å². The van der Waals surface area contributed by atoms with E-state index in [1.165, 1.54) is 35.2 Å². The number of benzene rings is 3. The molecular formula is C33H35F2N3O4. The highest BCUT2D eigenvalue weighted by molar-refractivity contribution is 5.99. The number of aliphatic hydroxyl groups is 1. The van der Waals surface area contributed by atoms with Gasteiger partial charge in [-0.1, -0.05) is 30.3 Å². The van der Waals surface area contributed by atoms with Crippen LogP contribution < -0.4 is 20.3 Å². The number of halogens is 2. The number of fused-ring (bicyclic) bond motifs is 1. The van der Waals surface area contributed by atoms with Gasteiger partial charge in [-0.3, -0.25) is 9.59 Å². The van der Waals surface area contributed by atoms with Gasteiger partial charge in [-0.2, -0.15) is 0 Å². The molecule has 0 unspecified atom stereocenters. The van der Waals surface area contributed by atoms with Crippen LogP contribution in [0.25, 0.3) is 0 Å². The summed E-state index contributed by atoms with van der Waals surface area (Å²) in [5.74, 6) is -0.905. The van der Waals surface area contributed by atoms with Crippen molar-refractivity contribution in [2.45, 2.75) is 68.7 Å². The van der Waals surface area contributed by atoms with Crippen LogP contribution in [0.4, 0.5) is 14.5 Å². The molecule has 6 rings (SSSR count). The highest BCUT2D eigenvalue weighted by atomic mass is 19.1. The Labute approximate surface area is 243 Å². The summed E-state index contributed by atoms with van der Waals surface area (Å²) in [7, 11) is 0. The maximum atomic E-state index is 14.6. The topological polar surface area (TPSA) is 90.9 Å². The lowest BCUT2D eigenvalue weighted by Gasteiger charge is -2.48. The molecule has 2 amide bonds. The first kappa shape index (κ1) is 28.3. The maximum Gasteiger partial charge on any atom is 0.251 e. The first-order chi connectivity index (χ1) is 20.3. The molecule has 2 fully saturated rings. The molecule has 3 atom stereocenters. The van der Waals surface area contributed by atoms with E-state index in [0.717, 1.165) is 30.4 Å². The Morgan fingerprint density at radius 2 is 1.88 bits per heavy atom. The normalized spacial score (nSPS) is 20.4. The van der Waals surface area contributed by atoms with Gasteiger partial charge in [0.15, 0.2) is 0 Å². The monoisotopic (exact) mass is 575 g/mol. The largest absolute Gasteiger partial charge is 0.487 e. The number of hydrogen-bond donors (Lipinski definition) is 3. The number of anilines is 1. The molecule has 2 heterocycles. The van der Waals surface area contributed by atoms with Crippen molar-refractivity contribution >= 4 is 17.5 Å². The molecule has 2 aliphatic heterocycles. The van der Waals surface area contributed by atoms with E-state index in [1.54, 1.807) is 6.07 Å². The highest BCUT2D eigenvalue weighted by Crippen LogP contribution is 2.49. The van der Waals surface area contributed by atoms with Crippen molar-refractivity contribution in [3.8, 4) is 5.75 Å². The number of aliphatic hydroxyl groups excluding tert-OH is 1. The number of nitrogens with zero attached hydrogens (tertiary/aromatic N) is 1. The average Bonchev–Trinajstić information content (AvgIpc) is 3.40. The van der Waals surface area contributed by atoms with Crippen LogP contribution in [-0.4, -0.2) is 47.8 Å². The Kier molecular flexibility index (Phi) is 7.96. The zero-order valence-corrected chi connectivity index (χ0v) is 23.3. The number of rotatable bonds is 9. The van der Waals surface area contributed by atoms with Crippen molar-refractivity contribution < 1.29 is 28.2 Å². The Morgan fingerprint density at radius 1 is 1.07 bits per heavy atom. The molecule has 0 bridgehead atoms. The molecule has 1 aliphatic carbocycles. The Hall–Kier alpha value is -3.82. The lowest BCUT2D eigenvalue weighted by atomic mass is 9.73. The van der Waals surface area contributed by atoms with Crippen LogP contribution in [-0.2, 0) is 11.2 Å². The maximum absolute atomic E-state index is 14.6. The molecule has 9 heteroatoms. The van der Waals surface area contributed by atoms with Crippen molar-refractivity contribution in [1.82, 2.24) is 10.6 Å². The van der Waals surface area contributed by atoms with Crippen LogP contribution in [0.1, 0.15) is 66.1 Å². The average molecular weight is 576 g/mol. The Balaban J connectivity index is 1.20. The van der Waals surface area contributed by atoms with Crippen molar-refractivity contribution in [2.75, 3.05) is 18.0 Å². The minimum atomic E-state index is -0.994. The predicted molar refractivity (Wildman–Crippen MR) is 154 cm³/mol. The van der Waals surface area contributed by atoms with E-state index in [2.05, 4.69) is 10.6 Å². The van der Waals surface area contributed by atoms with Gasteiger partial charge in [0.2, 0.25) is 5.91 Å². The summed E-state index contributed by atoms with van der Waals surface area (Å²) in [5.41, 5.74) is 1.66. The smallest absolute Gasteiger partial charge is 0.251 e. The van der Waals surface area contributed by atoms with Gasteiger partial charge >= 0.3 is 0 Å². The van der Waals surface area contributed by atoms with E-state index < -0.39 is 23.9 Å². The van der Waals surface area contributed by atoms with Gasteiger partial charge in [0.25, 0.3) is 5.91 Å². The van der Waals surface area contributed by atoms with E-state index in [1.807, 2.05) is 30.3 Å². The first-order valence-corrected chi connectivity index (χ1v) is 14.6. The number of nitrogens with one attached hydrogen (secondary N) is 2. The van der Waals surface area contributed by atoms with Crippen LogP contribution in [0.2, 0.25) is 0 Å². The second kappa shape index (κ2) is 11.8. The minimum absolute atomic E-state index is 0.0855. The van der Waals surface area contributed by atoms with Gasteiger partial charge in [-0.15, -0.1) is 0 Å². The summed E-state index contributed by atoms with van der Waals surface area (Å²) in [4.78, 5) is 27.0. The summed E-state index contributed by atoms with van der Waals surface area (Å²) >= 11 is 0. The fourth-order valence-corrected chi connectivity index (χ4v) is 6.27. The van der Waals surface area contributed by atoms with Crippen molar-refractivity contribution in [2.24, 2.45) is 0 Å². The molecule has 3 N–H and O–H groups in total. The lowest BCUT2D eigenvalue weighted by molar-refractivity contribution is -0.117. The molecule has 3 aromatic carbocycles. The van der Waals surface area contributed by atoms with Gasteiger partial charge in [-0.05, 0) is 74.1 Å². The zero-order valence-electron chi connectivity index (χ0n) is 23.3. The molecule has 0 radical (unpaired) electrons. The van der Waals surface area contributed by atoms with E-state index in [9.17, 15) is 23.5 Å². The van der Waals surface area contributed by atoms with Crippen molar-refractivity contribution in [3.63, 3.8) is 0 Å². The van der Waals surface area contributed by atoms with Crippen LogP contribution in [0.3, 0.4) is 0 Å². The van der Waals surface area contributed by atoms with Gasteiger partial charge in [-0.25, -0.2) is 8.78 Å². The highest BCUT2D eigenvalue weighted by Gasteiger charge is 2.45. The zero-order chi connectivity index (χ0) is 29.3. The number of amides is 2. The molecular weight excluding hydrogens is 540 g/mol. The van der Waals surface area contributed by atoms with E-state index in [4.69, 9.17) is 4.74 Å². The summed E-state index contributed by atoms with van der Waals surface area (Å²) in [6.45, 7) is 0.549. The van der Waals surface area contributed by atoms with Gasteiger partial charge in [0, 0.05) is 43.1 Å². The van der Waals surface area contributed by atoms with Crippen LogP contribution in [0, 0.1) is 11.6 Å². The summed E-state index contributed by atoms with van der Waals surface area (Å²) < 4.78 is 35.1. The molecule has 42 heavy (non-hydrogen) atoms. The molecule has 1 saturated heterocycles. The predicted octanol–water partition coefficient (Wildman–Crippen LogP) is 4.83. The molecule has 1 saturated carbocycles. The van der Waals surface area contributed by atoms with Crippen LogP contribution >= 0.6 is 0 Å². The van der Waals surface area contributed by atoms with E-state index >= 15 is 0 Å². The lowest BCUT2D eigenvalue weighted by Crippen LogP contribution is -2.52. The summed E-state index contributed by atoms with van der Waals surface area (Å²) in [6, 6.07) is 17.1. The van der Waals surface area contributed by atoms with Crippen LogP contribution in [0.15, 0.2) is 66.7 Å². The van der Waals surface area contributed by atoms with Gasteiger partial charge in [0.05, 0.1) is 17.8 Å². The third-order valence-electron chi connectivity index (χ3n) is 8.74. The molecule has 0 aromatic heterocycles. The van der Waals surface area contributed by atoms with E-state index in [0.29, 0.717) is 38.0 Å². The fourth-order valence-electron chi connectivity index (χ4n) is 6.27. The number of carbonyl (C=O) groups excluding carboxylic acids is 2. The second-order valence-corrected chi connectivity index (χ2v) is 11.6. The van der Waals surface area contributed by atoms with Gasteiger partial charge in [0.1, 0.15) is 23.0 Å². The molecule has 7 nitrogen and oxygen atoms in total. The minimum Gasteiger partial charge on any atom is -0.487 e. The fraction of sp³-hybridized carbons (Fsp3) is 0.394. The number of hydrogen-bond acceptors (Lipinski definition) is 5. The molecule has 1 spiro atoms. The Morgan fingerprint density at radius 3 is 2.60 bits per heavy atom. The third kappa shape index (κ3) is 5.89.